The molecule has 0 saturated carbocycles. The van der Waals surface area contributed by atoms with Gasteiger partial charge in [-0.2, -0.15) is 13.2 Å². The average molecular weight is 447 g/mol. The molecule has 3 rings (SSSR count). The van der Waals surface area contributed by atoms with Gasteiger partial charge < -0.3 is 15.4 Å². The van der Waals surface area contributed by atoms with E-state index in [1.165, 1.54) is 11.8 Å². The molecule has 1 amide bonds. The number of thioether (sulfide) groups is 1. The zero-order chi connectivity index (χ0) is 20.0. The molecular formula is C20H22ClF3N2O2S. The lowest BCUT2D eigenvalue weighted by atomic mass is 10.1. The van der Waals surface area contributed by atoms with E-state index in [9.17, 15) is 18.0 Å². The largest absolute Gasteiger partial charge is 0.457 e. The van der Waals surface area contributed by atoms with Gasteiger partial charge in [0.1, 0.15) is 16.7 Å². The van der Waals surface area contributed by atoms with Crippen LogP contribution in [0.15, 0.2) is 54.6 Å². The van der Waals surface area contributed by atoms with Crippen LogP contribution in [-0.2, 0) is 4.79 Å². The number of para-hydroxylation sites is 1. The number of hydrogen-bond donors (Lipinski definition) is 2. The highest BCUT2D eigenvalue weighted by Gasteiger charge is 2.29. The Kier molecular flexibility index (Phi) is 8.67. The van der Waals surface area contributed by atoms with Crippen LogP contribution in [0.5, 0.6) is 11.5 Å². The Morgan fingerprint density at radius 3 is 2.38 bits per heavy atom. The van der Waals surface area contributed by atoms with Crippen molar-refractivity contribution in [1.82, 2.24) is 10.6 Å². The van der Waals surface area contributed by atoms with E-state index in [1.54, 1.807) is 0 Å². The summed E-state index contributed by atoms with van der Waals surface area (Å²) in [5, 5.41) is 4.82. The molecule has 0 aromatic heterocycles. The summed E-state index contributed by atoms with van der Waals surface area (Å²) in [4.78, 5) is 12.5. The summed E-state index contributed by atoms with van der Waals surface area (Å²) in [6.07, 6.45) is -3.64. The number of carbonyl (C=O) groups excluding carboxylic acids is 1. The van der Waals surface area contributed by atoms with Gasteiger partial charge >= 0.3 is 6.18 Å². The first-order valence-corrected chi connectivity index (χ1v) is 9.98. The number of hydrogen-bond acceptors (Lipinski definition) is 4. The van der Waals surface area contributed by atoms with Crippen molar-refractivity contribution in [3.8, 4) is 11.5 Å². The van der Waals surface area contributed by atoms with Gasteiger partial charge in [-0.3, -0.25) is 4.79 Å². The van der Waals surface area contributed by atoms with Gasteiger partial charge in [-0.25, -0.2) is 0 Å². The predicted molar refractivity (Wildman–Crippen MR) is 111 cm³/mol. The van der Waals surface area contributed by atoms with Crippen LogP contribution in [0.25, 0.3) is 0 Å². The molecule has 158 valence electrons. The minimum absolute atomic E-state index is 0. The highest BCUT2D eigenvalue weighted by Crippen LogP contribution is 2.33. The Hall–Kier alpha value is -1.90. The topological polar surface area (TPSA) is 50.4 Å². The van der Waals surface area contributed by atoms with Crippen LogP contribution in [0.4, 0.5) is 13.2 Å². The van der Waals surface area contributed by atoms with Crippen molar-refractivity contribution in [2.75, 3.05) is 18.8 Å². The van der Waals surface area contributed by atoms with Crippen molar-refractivity contribution >= 4 is 30.1 Å². The first-order valence-electron chi connectivity index (χ1n) is 8.93. The second-order valence-electron chi connectivity index (χ2n) is 6.48. The zero-order valence-corrected chi connectivity index (χ0v) is 17.1. The van der Waals surface area contributed by atoms with E-state index in [0.717, 1.165) is 11.3 Å². The fourth-order valence-corrected chi connectivity index (χ4v) is 4.10. The highest BCUT2D eigenvalue weighted by atomic mass is 35.5. The number of nitrogens with one attached hydrogen (secondary N) is 2. The molecule has 2 atom stereocenters. The molecule has 2 aromatic rings. The molecule has 0 spiro atoms. The first-order chi connectivity index (χ1) is 13.4. The molecule has 29 heavy (non-hydrogen) atoms. The molecule has 1 saturated heterocycles. The van der Waals surface area contributed by atoms with Gasteiger partial charge in [0.25, 0.3) is 0 Å². The van der Waals surface area contributed by atoms with E-state index in [-0.39, 0.29) is 30.9 Å². The smallest absolute Gasteiger partial charge is 0.401 e. The Bertz CT molecular complexity index is 776. The van der Waals surface area contributed by atoms with Gasteiger partial charge in [0, 0.05) is 12.6 Å². The van der Waals surface area contributed by atoms with Gasteiger partial charge in [0.15, 0.2) is 0 Å². The Morgan fingerprint density at radius 2 is 1.72 bits per heavy atom. The summed E-state index contributed by atoms with van der Waals surface area (Å²) < 4.78 is 42.5. The molecule has 1 heterocycles. The summed E-state index contributed by atoms with van der Waals surface area (Å²) in [6.45, 7) is -0.957. The molecule has 0 radical (unpaired) electrons. The van der Waals surface area contributed by atoms with Gasteiger partial charge in [-0.1, -0.05) is 30.3 Å². The molecule has 1 aliphatic heterocycles. The standard InChI is InChI=1S/C20H21F3N2O2S.ClH/c21-20(22,23)13-24-12-15-10-11-28-18(19(26)25-15)14-6-8-17(9-7-14)27-16-4-2-1-3-5-16;/h1-9,15,18,24H,10-13H2,(H,25,26);1H/t15-,18+;/m0./s1. The van der Waals surface area contributed by atoms with Crippen LogP contribution in [0.3, 0.4) is 0 Å². The van der Waals surface area contributed by atoms with Crippen LogP contribution in [0.1, 0.15) is 17.2 Å². The van der Waals surface area contributed by atoms with Crippen molar-refractivity contribution < 1.29 is 22.7 Å². The number of benzene rings is 2. The summed E-state index contributed by atoms with van der Waals surface area (Å²) in [5.74, 6) is 1.90. The molecule has 2 N–H and O–H groups in total. The number of ether oxygens (including phenoxy) is 1. The minimum Gasteiger partial charge on any atom is -0.457 e. The first kappa shape index (κ1) is 23.4. The Balaban J connectivity index is 0.00000300. The highest BCUT2D eigenvalue weighted by molar-refractivity contribution is 8.00. The van der Waals surface area contributed by atoms with Gasteiger partial charge in [-0.15, -0.1) is 24.2 Å². The van der Waals surface area contributed by atoms with Crippen molar-refractivity contribution in [2.45, 2.75) is 23.9 Å². The van der Waals surface area contributed by atoms with E-state index in [2.05, 4.69) is 10.6 Å². The molecule has 9 heteroatoms. The number of halogens is 4. The number of rotatable bonds is 6. The fraction of sp³-hybridized carbons (Fsp3) is 0.350. The van der Waals surface area contributed by atoms with Gasteiger partial charge in [0.2, 0.25) is 5.91 Å². The van der Waals surface area contributed by atoms with Crippen LogP contribution in [0, 0.1) is 0 Å². The minimum atomic E-state index is -4.25. The number of carbonyl (C=O) groups is 1. The van der Waals surface area contributed by atoms with Crippen LogP contribution in [-0.4, -0.2) is 37.0 Å². The third-order valence-electron chi connectivity index (χ3n) is 4.21. The number of alkyl halides is 3. The van der Waals surface area contributed by atoms with Crippen molar-refractivity contribution in [2.24, 2.45) is 0 Å². The molecular weight excluding hydrogens is 425 g/mol. The van der Waals surface area contributed by atoms with E-state index in [0.29, 0.717) is 17.9 Å². The lowest BCUT2D eigenvalue weighted by molar-refractivity contribution is -0.125. The van der Waals surface area contributed by atoms with E-state index >= 15 is 0 Å². The summed E-state index contributed by atoms with van der Waals surface area (Å²) in [5.41, 5.74) is 0.840. The Labute approximate surface area is 178 Å². The third kappa shape index (κ3) is 7.45. The molecule has 0 bridgehead atoms. The van der Waals surface area contributed by atoms with Crippen molar-refractivity contribution in [3.63, 3.8) is 0 Å². The summed E-state index contributed by atoms with van der Waals surface area (Å²) in [6, 6.07) is 16.4. The van der Waals surface area contributed by atoms with Crippen LogP contribution >= 0.6 is 24.2 Å². The lowest BCUT2D eigenvalue weighted by Gasteiger charge is -2.18. The van der Waals surface area contributed by atoms with Crippen molar-refractivity contribution in [1.29, 1.82) is 0 Å². The SMILES string of the molecule is Cl.O=C1N[C@H](CNCC(F)(F)F)CCS[C@@H]1c1ccc(Oc2ccccc2)cc1. The van der Waals surface area contributed by atoms with Gasteiger partial charge in [-0.05, 0) is 42.0 Å². The molecule has 0 aliphatic carbocycles. The maximum Gasteiger partial charge on any atom is 0.401 e. The normalized spacial score (nSPS) is 19.6. The summed E-state index contributed by atoms with van der Waals surface area (Å²) in [7, 11) is 0. The molecule has 2 aromatic carbocycles. The van der Waals surface area contributed by atoms with Crippen LogP contribution < -0.4 is 15.4 Å². The van der Waals surface area contributed by atoms with Crippen LogP contribution in [0.2, 0.25) is 0 Å². The predicted octanol–water partition coefficient (Wildman–Crippen LogP) is 4.72. The molecule has 0 unspecified atom stereocenters. The lowest BCUT2D eigenvalue weighted by Crippen LogP contribution is -2.44. The quantitative estimate of drug-likeness (QED) is 0.674. The maximum atomic E-state index is 12.5. The molecule has 1 aliphatic rings. The average Bonchev–Trinajstić information content (AvgIpc) is 2.83. The monoisotopic (exact) mass is 446 g/mol. The number of amides is 1. The maximum absolute atomic E-state index is 12.5. The summed E-state index contributed by atoms with van der Waals surface area (Å²) >= 11 is 1.49. The van der Waals surface area contributed by atoms with Crippen molar-refractivity contribution in [3.05, 3.63) is 60.2 Å². The van der Waals surface area contributed by atoms with E-state index < -0.39 is 18.0 Å². The zero-order valence-electron chi connectivity index (χ0n) is 15.4. The van der Waals surface area contributed by atoms with Gasteiger partial charge in [0.05, 0.1) is 6.54 Å². The second kappa shape index (κ2) is 10.8. The second-order valence-corrected chi connectivity index (χ2v) is 7.69. The fourth-order valence-electron chi connectivity index (χ4n) is 2.88. The van der Waals surface area contributed by atoms with E-state index in [1.807, 2.05) is 54.6 Å². The molecule has 4 nitrogen and oxygen atoms in total. The third-order valence-corrected chi connectivity index (χ3v) is 5.50. The molecule has 1 fully saturated rings. The Morgan fingerprint density at radius 1 is 1.07 bits per heavy atom. The van der Waals surface area contributed by atoms with E-state index in [4.69, 9.17) is 4.74 Å².